The summed E-state index contributed by atoms with van der Waals surface area (Å²) in [6.07, 6.45) is -7.16. The zero-order chi connectivity index (χ0) is 33.4. The molecule has 0 unspecified atom stereocenters. The Morgan fingerprint density at radius 1 is 1.02 bits per heavy atom. The van der Waals surface area contributed by atoms with Gasteiger partial charge in [0.05, 0.1) is 42.9 Å². The molecule has 44 heavy (non-hydrogen) atoms. The highest BCUT2D eigenvalue weighted by atomic mass is 32.2. The van der Waals surface area contributed by atoms with Gasteiger partial charge in [0.15, 0.2) is 0 Å². The quantitative estimate of drug-likeness (QED) is 0.112. The molecule has 6 atom stereocenters. The van der Waals surface area contributed by atoms with E-state index in [-0.39, 0.29) is 24.0 Å². The first kappa shape index (κ1) is 37.1. The van der Waals surface area contributed by atoms with Crippen molar-refractivity contribution in [2.24, 2.45) is 0 Å². The number of sulfonamides is 1. The predicted octanol–water partition coefficient (Wildman–Crippen LogP) is -0.704. The van der Waals surface area contributed by atoms with Crippen LogP contribution in [0.3, 0.4) is 0 Å². The third-order valence-corrected chi connectivity index (χ3v) is 7.71. The van der Waals surface area contributed by atoms with Gasteiger partial charge < -0.3 is 40.5 Å². The second-order valence-electron chi connectivity index (χ2n) is 10.6. The second kappa shape index (κ2) is 16.3. The third-order valence-electron chi connectivity index (χ3n) is 6.55. The second-order valence-corrected chi connectivity index (χ2v) is 12.6. The Bertz CT molecular complexity index is 1380. The fourth-order valence-electron chi connectivity index (χ4n) is 3.94. The van der Waals surface area contributed by atoms with Gasteiger partial charge in [-0.05, 0) is 30.2 Å². The van der Waals surface area contributed by atoms with E-state index >= 15 is 0 Å². The number of esters is 1. The van der Waals surface area contributed by atoms with Crippen LogP contribution in [0.15, 0.2) is 30.3 Å². The van der Waals surface area contributed by atoms with Gasteiger partial charge in [-0.1, -0.05) is 26.0 Å². The normalized spacial score (nSPS) is 16.4. The molecular formula is C28H40FN3O11S. The number of aliphatic hydroxyl groups excluding tert-OH is 7. The van der Waals surface area contributed by atoms with E-state index < -0.39 is 78.1 Å². The van der Waals surface area contributed by atoms with Gasteiger partial charge in [-0.25, -0.2) is 27.1 Å². The molecule has 1 heterocycles. The molecule has 0 aliphatic carbocycles. The molecule has 0 aliphatic heterocycles. The Morgan fingerprint density at radius 2 is 1.61 bits per heavy atom. The highest BCUT2D eigenvalue weighted by Crippen LogP contribution is 2.31. The van der Waals surface area contributed by atoms with Crippen LogP contribution in [-0.2, 0) is 19.6 Å². The number of carbonyl (C=O) groups excluding carboxylic acids is 1. The maximum Gasteiger partial charge on any atom is 0.308 e. The molecule has 16 heteroatoms. The summed E-state index contributed by atoms with van der Waals surface area (Å²) in [5, 5.41) is 68.3. The lowest BCUT2D eigenvalue weighted by atomic mass is 9.97. The number of halogens is 1. The summed E-state index contributed by atoms with van der Waals surface area (Å²) in [5.74, 6) is -1.84. The van der Waals surface area contributed by atoms with Crippen molar-refractivity contribution in [2.75, 3.05) is 30.8 Å². The Morgan fingerprint density at radius 3 is 2.16 bits per heavy atom. The van der Waals surface area contributed by atoms with E-state index in [0.29, 0.717) is 16.8 Å². The number of aromatic nitrogens is 2. The molecule has 0 spiro atoms. The van der Waals surface area contributed by atoms with Crippen LogP contribution < -0.4 is 4.31 Å². The first-order valence-corrected chi connectivity index (χ1v) is 15.5. The van der Waals surface area contributed by atoms with E-state index in [1.807, 2.05) is 13.8 Å². The number of anilines is 1. The van der Waals surface area contributed by atoms with Crippen molar-refractivity contribution in [3.8, 4) is 11.3 Å². The molecule has 246 valence electrons. The Balaban J connectivity index is 2.21. The van der Waals surface area contributed by atoms with Crippen molar-refractivity contribution < 1.29 is 58.1 Å². The SMILES string of the molecule is CC(C)c1nc(N(C)S(C)(=O)=O)nc(-c2ccc(F)cc2)c1/C=C/[C@@H](O)C[C@@H](O)CC(=O)OC[C@@H](O)[C@@H](O)[C@H](O)[C@H](O)CO. The molecule has 0 amide bonds. The van der Waals surface area contributed by atoms with Crippen molar-refractivity contribution in [1.82, 2.24) is 9.97 Å². The molecule has 2 rings (SSSR count). The average Bonchev–Trinajstić information content (AvgIpc) is 2.96. The standard InChI is InChI=1S/C28H40FN3O11S/c1-15(2)24-20(25(16-5-7-17(29)8-6-16)31-28(30-24)32(3)44(4,41)42)10-9-18(34)11-19(35)12-23(38)43-14-22(37)27(40)26(39)21(36)13-33/h5-10,15,18-19,21-22,26-27,33-37,39-40H,11-14H2,1-4H3/b10-9+/t18-,19-,21-,22-,26-,27-/m1/s1. The fourth-order valence-corrected chi connectivity index (χ4v) is 4.31. The van der Waals surface area contributed by atoms with Crippen LogP contribution in [-0.4, -0.2) is 123 Å². The molecule has 14 nitrogen and oxygen atoms in total. The number of ether oxygens (including phenoxy) is 1. The lowest BCUT2D eigenvalue weighted by Crippen LogP contribution is -2.47. The van der Waals surface area contributed by atoms with E-state index in [1.54, 1.807) is 0 Å². The fraction of sp³-hybridized carbons (Fsp3) is 0.536. The molecule has 2 aromatic rings. The van der Waals surface area contributed by atoms with E-state index in [2.05, 4.69) is 9.97 Å². The summed E-state index contributed by atoms with van der Waals surface area (Å²) in [6, 6.07) is 5.34. The van der Waals surface area contributed by atoms with Crippen LogP contribution in [0.2, 0.25) is 0 Å². The summed E-state index contributed by atoms with van der Waals surface area (Å²) >= 11 is 0. The first-order chi connectivity index (χ1) is 20.5. The number of nitrogens with zero attached hydrogens (tertiary/aromatic N) is 3. The van der Waals surface area contributed by atoms with Gasteiger partial charge in [0.25, 0.3) is 0 Å². The van der Waals surface area contributed by atoms with Gasteiger partial charge in [0.1, 0.15) is 36.8 Å². The number of benzene rings is 1. The van der Waals surface area contributed by atoms with Crippen LogP contribution >= 0.6 is 0 Å². The van der Waals surface area contributed by atoms with Gasteiger partial charge in [-0.15, -0.1) is 0 Å². The molecule has 7 N–H and O–H groups in total. The predicted molar refractivity (Wildman–Crippen MR) is 157 cm³/mol. The molecule has 0 saturated heterocycles. The summed E-state index contributed by atoms with van der Waals surface area (Å²) < 4.78 is 43.7. The number of rotatable bonds is 16. The topological polar surface area (TPSA) is 231 Å². The molecular weight excluding hydrogens is 605 g/mol. The average molecular weight is 646 g/mol. The van der Waals surface area contributed by atoms with E-state index in [4.69, 9.17) is 9.84 Å². The van der Waals surface area contributed by atoms with Gasteiger partial charge in [-0.2, -0.15) is 0 Å². The van der Waals surface area contributed by atoms with Crippen LogP contribution in [0.4, 0.5) is 10.3 Å². The largest absolute Gasteiger partial charge is 0.463 e. The lowest BCUT2D eigenvalue weighted by molar-refractivity contribution is -0.158. The molecule has 0 fully saturated rings. The van der Waals surface area contributed by atoms with Gasteiger partial charge in [0, 0.05) is 24.6 Å². The van der Waals surface area contributed by atoms with Crippen molar-refractivity contribution in [3.63, 3.8) is 0 Å². The van der Waals surface area contributed by atoms with E-state index in [0.717, 1.165) is 10.6 Å². The summed E-state index contributed by atoms with van der Waals surface area (Å²) in [4.78, 5) is 20.9. The highest BCUT2D eigenvalue weighted by molar-refractivity contribution is 7.92. The van der Waals surface area contributed by atoms with Crippen molar-refractivity contribution in [3.05, 3.63) is 47.4 Å². The Kier molecular flexibility index (Phi) is 13.7. The molecule has 0 saturated carbocycles. The highest BCUT2D eigenvalue weighted by Gasteiger charge is 2.31. The lowest BCUT2D eigenvalue weighted by Gasteiger charge is -2.25. The molecule has 0 aliphatic rings. The Labute approximate surface area is 254 Å². The van der Waals surface area contributed by atoms with Gasteiger partial charge in [-0.3, -0.25) is 4.79 Å². The van der Waals surface area contributed by atoms with Crippen LogP contribution in [0.25, 0.3) is 17.3 Å². The number of aliphatic hydroxyl groups is 7. The summed E-state index contributed by atoms with van der Waals surface area (Å²) in [5.41, 5.74) is 1.54. The minimum atomic E-state index is -3.72. The Hall–Kier alpha value is -3.09. The van der Waals surface area contributed by atoms with E-state index in [9.17, 15) is 48.2 Å². The number of hydrogen-bond acceptors (Lipinski definition) is 13. The monoisotopic (exact) mass is 645 g/mol. The molecule has 1 aromatic carbocycles. The van der Waals surface area contributed by atoms with Crippen molar-refractivity contribution >= 4 is 28.0 Å². The maximum atomic E-state index is 13.7. The smallest absolute Gasteiger partial charge is 0.308 e. The number of carbonyl (C=O) groups is 1. The zero-order valence-corrected chi connectivity index (χ0v) is 25.5. The minimum absolute atomic E-state index is 0.112. The van der Waals surface area contributed by atoms with Gasteiger partial charge >= 0.3 is 5.97 Å². The van der Waals surface area contributed by atoms with Crippen molar-refractivity contribution in [1.29, 1.82) is 0 Å². The first-order valence-electron chi connectivity index (χ1n) is 13.6. The van der Waals surface area contributed by atoms with Crippen LogP contribution in [0.1, 0.15) is 43.9 Å². The third kappa shape index (κ3) is 10.5. The van der Waals surface area contributed by atoms with Crippen LogP contribution in [0, 0.1) is 5.82 Å². The maximum absolute atomic E-state index is 13.7. The number of hydrogen-bond donors (Lipinski definition) is 7. The summed E-state index contributed by atoms with van der Waals surface area (Å²) in [7, 11) is -2.43. The molecule has 0 bridgehead atoms. The van der Waals surface area contributed by atoms with Crippen LogP contribution in [0.5, 0.6) is 0 Å². The molecule has 1 aromatic heterocycles. The summed E-state index contributed by atoms with van der Waals surface area (Å²) in [6.45, 7) is 1.98. The van der Waals surface area contributed by atoms with Crippen molar-refractivity contribution in [2.45, 2.75) is 69.2 Å². The zero-order valence-electron chi connectivity index (χ0n) is 24.7. The minimum Gasteiger partial charge on any atom is -0.463 e. The van der Waals surface area contributed by atoms with E-state index in [1.165, 1.54) is 43.5 Å². The van der Waals surface area contributed by atoms with Gasteiger partial charge in [0.2, 0.25) is 16.0 Å². The molecule has 0 radical (unpaired) electrons.